The van der Waals surface area contributed by atoms with E-state index in [9.17, 15) is 0 Å². The monoisotopic (exact) mass is 407 g/mol. The number of benzene rings is 1. The Morgan fingerprint density at radius 1 is 0.963 bits per heavy atom. The zero-order valence-electron chi connectivity index (χ0n) is 16.6. The Labute approximate surface area is 168 Å². The maximum atomic E-state index is 6.49. The largest absolute Gasteiger partial charge is 0.379 e. The molecule has 148 valence electrons. The number of ether oxygens (including phenoxy) is 2. The first kappa shape index (κ1) is 19.6. The average Bonchev–Trinajstić information content (AvgIpc) is 2.90. The Bertz CT molecular complexity index is 748. The van der Waals surface area contributed by atoms with Crippen molar-refractivity contribution >= 4 is 23.8 Å². The van der Waals surface area contributed by atoms with E-state index in [-0.39, 0.29) is 5.41 Å². The molecular formula is C20H30N3O2PS. The quantitative estimate of drug-likeness (QED) is 0.715. The van der Waals surface area contributed by atoms with Crippen LogP contribution in [0, 0.1) is 0 Å². The van der Waals surface area contributed by atoms with Gasteiger partial charge in [-0.3, -0.25) is 9.34 Å². The minimum Gasteiger partial charge on any atom is -0.379 e. The first-order valence-corrected chi connectivity index (χ1v) is 12.5. The molecule has 1 aromatic rings. The number of fused-ring (bicyclic) bond motifs is 1. The molecule has 0 bridgehead atoms. The van der Waals surface area contributed by atoms with Crippen LogP contribution in [-0.4, -0.2) is 69.0 Å². The van der Waals surface area contributed by atoms with E-state index in [0.717, 1.165) is 52.6 Å². The summed E-state index contributed by atoms with van der Waals surface area (Å²) in [5.74, 6) is 2.44. The van der Waals surface area contributed by atoms with Crippen LogP contribution < -0.4 is 4.90 Å². The highest BCUT2D eigenvalue weighted by Gasteiger charge is 2.42. The summed E-state index contributed by atoms with van der Waals surface area (Å²) in [4.78, 5) is 2.34. The number of allylic oxidation sites excluding steroid dienone is 1. The summed E-state index contributed by atoms with van der Waals surface area (Å²) >= 11 is 6.49. The molecule has 3 aliphatic heterocycles. The third-order valence-corrected chi connectivity index (χ3v) is 10.7. The van der Waals surface area contributed by atoms with Gasteiger partial charge >= 0.3 is 0 Å². The molecule has 0 aromatic heterocycles. The molecule has 1 aromatic carbocycles. The highest BCUT2D eigenvalue weighted by molar-refractivity contribution is 8.13. The standard InChI is InChI=1S/C20H30N3O2PS/c1-20(2)17-6-4-5-7-18(17)21(3)19(20)16-26(27,22-8-12-24-13-9-22)23-10-14-25-15-11-23/h4-7,16H,8-15H2,1-3H3/b19-16-. The van der Waals surface area contributed by atoms with Gasteiger partial charge in [-0.15, -0.1) is 0 Å². The SMILES string of the molecule is CN1/C(=C\P(=S)(N2CCOCC2)N2CCOCC2)C(C)(C)c2ccccc21. The number of likely N-dealkylation sites (N-methyl/N-ethyl adjacent to an activating group) is 1. The summed E-state index contributed by atoms with van der Waals surface area (Å²) < 4.78 is 16.3. The lowest BCUT2D eigenvalue weighted by Gasteiger charge is -2.45. The number of morpholine rings is 2. The van der Waals surface area contributed by atoms with Gasteiger partial charge in [-0.25, -0.2) is 0 Å². The molecule has 0 spiro atoms. The number of anilines is 1. The van der Waals surface area contributed by atoms with Gasteiger partial charge in [-0.2, -0.15) is 0 Å². The van der Waals surface area contributed by atoms with Gasteiger partial charge in [0, 0.05) is 50.0 Å². The minimum absolute atomic E-state index is 0.0476. The summed E-state index contributed by atoms with van der Waals surface area (Å²) in [6, 6.07) is 8.72. The second kappa shape index (κ2) is 7.58. The van der Waals surface area contributed by atoms with Crippen molar-refractivity contribution in [1.82, 2.24) is 9.34 Å². The van der Waals surface area contributed by atoms with Crippen molar-refractivity contribution in [3.8, 4) is 0 Å². The van der Waals surface area contributed by atoms with E-state index in [1.807, 2.05) is 0 Å². The lowest BCUT2D eigenvalue weighted by Crippen LogP contribution is -2.43. The molecular weight excluding hydrogens is 377 g/mol. The maximum Gasteiger partial charge on any atom is 0.102 e. The third-order valence-electron chi connectivity index (χ3n) is 6.02. The normalized spacial score (nSPS) is 25.7. The highest BCUT2D eigenvalue weighted by Crippen LogP contribution is 2.59. The summed E-state index contributed by atoms with van der Waals surface area (Å²) in [7, 11) is 2.18. The Morgan fingerprint density at radius 2 is 1.48 bits per heavy atom. The van der Waals surface area contributed by atoms with E-state index in [1.54, 1.807) is 0 Å². The molecule has 0 atom stereocenters. The van der Waals surface area contributed by atoms with E-state index in [0.29, 0.717) is 0 Å². The molecule has 0 amide bonds. The maximum absolute atomic E-state index is 6.49. The average molecular weight is 408 g/mol. The number of hydrogen-bond donors (Lipinski definition) is 0. The predicted molar refractivity (Wildman–Crippen MR) is 115 cm³/mol. The summed E-state index contributed by atoms with van der Waals surface area (Å²) in [5, 5.41) is 0. The van der Waals surface area contributed by atoms with E-state index in [1.165, 1.54) is 16.9 Å². The first-order chi connectivity index (χ1) is 12.9. The van der Waals surface area contributed by atoms with Crippen molar-refractivity contribution in [1.29, 1.82) is 0 Å². The molecule has 3 heterocycles. The van der Waals surface area contributed by atoms with E-state index in [4.69, 9.17) is 21.3 Å². The highest BCUT2D eigenvalue weighted by atomic mass is 32.4. The van der Waals surface area contributed by atoms with Gasteiger partial charge in [0.05, 0.1) is 26.4 Å². The van der Waals surface area contributed by atoms with Gasteiger partial charge in [0.2, 0.25) is 0 Å². The van der Waals surface area contributed by atoms with Crippen LogP contribution in [0.15, 0.2) is 35.8 Å². The molecule has 2 saturated heterocycles. The second-order valence-corrected chi connectivity index (χ2v) is 12.1. The zero-order chi connectivity index (χ0) is 19.1. The molecule has 4 rings (SSSR count). The molecule has 3 aliphatic rings. The van der Waals surface area contributed by atoms with Crippen LogP contribution in [0.5, 0.6) is 0 Å². The Hall–Kier alpha value is -0.750. The predicted octanol–water partition coefficient (Wildman–Crippen LogP) is 3.23. The van der Waals surface area contributed by atoms with Crippen molar-refractivity contribution in [3.63, 3.8) is 0 Å². The van der Waals surface area contributed by atoms with Crippen molar-refractivity contribution in [2.24, 2.45) is 0 Å². The number of para-hydroxylation sites is 1. The molecule has 7 heteroatoms. The molecule has 27 heavy (non-hydrogen) atoms. The fourth-order valence-corrected chi connectivity index (χ4v) is 8.66. The Kier molecular flexibility index (Phi) is 5.49. The van der Waals surface area contributed by atoms with Gasteiger partial charge in [-0.05, 0) is 17.4 Å². The number of nitrogens with zero attached hydrogens (tertiary/aromatic N) is 3. The van der Waals surface area contributed by atoms with E-state index >= 15 is 0 Å². The third kappa shape index (κ3) is 3.41. The van der Waals surface area contributed by atoms with Crippen molar-refractivity contribution in [2.75, 3.05) is 64.6 Å². The van der Waals surface area contributed by atoms with Crippen molar-refractivity contribution in [3.05, 3.63) is 41.3 Å². The van der Waals surface area contributed by atoms with Crippen LogP contribution in [0.25, 0.3) is 0 Å². The summed E-state index contributed by atoms with van der Waals surface area (Å²) in [5.41, 5.74) is 3.95. The van der Waals surface area contributed by atoms with Gasteiger partial charge in [0.25, 0.3) is 0 Å². The van der Waals surface area contributed by atoms with Crippen LogP contribution in [0.3, 0.4) is 0 Å². The number of hydrogen-bond acceptors (Lipinski definition) is 4. The summed E-state index contributed by atoms with van der Waals surface area (Å²) in [6.45, 7) is 11.4. The second-order valence-electron chi connectivity index (χ2n) is 7.94. The molecule has 2 fully saturated rings. The molecule has 0 unspecified atom stereocenters. The lowest BCUT2D eigenvalue weighted by molar-refractivity contribution is 0.0588. The molecule has 0 saturated carbocycles. The van der Waals surface area contributed by atoms with E-state index < -0.39 is 6.34 Å². The molecule has 5 nitrogen and oxygen atoms in total. The van der Waals surface area contributed by atoms with Crippen LogP contribution in [0.4, 0.5) is 5.69 Å². The molecule has 0 radical (unpaired) electrons. The van der Waals surface area contributed by atoms with E-state index in [2.05, 4.69) is 65.2 Å². The fraction of sp³-hybridized carbons (Fsp3) is 0.600. The van der Waals surface area contributed by atoms with Crippen LogP contribution in [0.1, 0.15) is 19.4 Å². The zero-order valence-corrected chi connectivity index (χ0v) is 18.3. The Balaban J connectivity index is 1.78. The van der Waals surface area contributed by atoms with Crippen molar-refractivity contribution < 1.29 is 9.47 Å². The first-order valence-electron chi connectivity index (χ1n) is 9.77. The lowest BCUT2D eigenvalue weighted by atomic mass is 9.84. The van der Waals surface area contributed by atoms with Gasteiger partial charge in [-0.1, -0.05) is 43.9 Å². The minimum atomic E-state index is -2.03. The number of rotatable bonds is 3. The van der Waals surface area contributed by atoms with Crippen molar-refractivity contribution in [2.45, 2.75) is 19.3 Å². The van der Waals surface area contributed by atoms with Gasteiger partial charge in [0.15, 0.2) is 0 Å². The fourth-order valence-electron chi connectivity index (χ4n) is 4.41. The topological polar surface area (TPSA) is 28.2 Å². The smallest absolute Gasteiger partial charge is 0.102 e. The van der Waals surface area contributed by atoms with Crippen LogP contribution in [0.2, 0.25) is 0 Å². The Morgan fingerprint density at radius 3 is 2.00 bits per heavy atom. The van der Waals surface area contributed by atoms with Gasteiger partial charge in [0.1, 0.15) is 6.34 Å². The summed E-state index contributed by atoms with van der Waals surface area (Å²) in [6.07, 6.45) is -2.03. The molecule has 0 aliphatic carbocycles. The van der Waals surface area contributed by atoms with Gasteiger partial charge < -0.3 is 14.4 Å². The van der Waals surface area contributed by atoms with Crippen LogP contribution in [-0.2, 0) is 26.7 Å². The molecule has 0 N–H and O–H groups in total. The van der Waals surface area contributed by atoms with Crippen LogP contribution >= 0.6 is 6.34 Å².